The molecule has 0 bridgehead atoms. The van der Waals surface area contributed by atoms with Crippen LogP contribution in [0.2, 0.25) is 0 Å². The van der Waals surface area contributed by atoms with Crippen molar-refractivity contribution in [2.45, 2.75) is 71.8 Å². The molecule has 178 valence electrons. The maximum absolute atomic E-state index is 13.2. The van der Waals surface area contributed by atoms with Gasteiger partial charge in [0.1, 0.15) is 30.7 Å². The van der Waals surface area contributed by atoms with E-state index in [9.17, 15) is 14.4 Å². The molecule has 9 heteroatoms. The minimum atomic E-state index is -0.895. The van der Waals surface area contributed by atoms with Crippen LogP contribution in [0.5, 0.6) is 0 Å². The van der Waals surface area contributed by atoms with E-state index in [4.69, 9.17) is 14.2 Å². The molecule has 1 atom stereocenters. The van der Waals surface area contributed by atoms with Gasteiger partial charge >= 0.3 is 12.2 Å². The number of hydrogen-bond acceptors (Lipinski definition) is 7. The number of aromatic nitrogens is 2. The summed E-state index contributed by atoms with van der Waals surface area (Å²) >= 11 is 0. The number of nitrogens with zero attached hydrogens (tertiary/aromatic N) is 3. The van der Waals surface area contributed by atoms with Crippen LogP contribution >= 0.6 is 0 Å². The Kier molecular flexibility index (Phi) is 6.92. The van der Waals surface area contributed by atoms with Gasteiger partial charge in [0.05, 0.1) is 11.2 Å². The number of carbonyl (C=O) groups is 3. The van der Waals surface area contributed by atoms with Crippen molar-refractivity contribution in [1.29, 1.82) is 0 Å². The van der Waals surface area contributed by atoms with Crippen LogP contribution in [0.3, 0.4) is 0 Å². The van der Waals surface area contributed by atoms with E-state index in [1.165, 1.54) is 0 Å². The molecule has 1 aromatic heterocycles. The number of rotatable bonds is 4. The topological polar surface area (TPSA) is 100.0 Å². The molecular formula is C24H31N3O6. The van der Waals surface area contributed by atoms with E-state index in [0.29, 0.717) is 5.69 Å². The van der Waals surface area contributed by atoms with Crippen molar-refractivity contribution in [2.24, 2.45) is 0 Å². The van der Waals surface area contributed by atoms with Crippen LogP contribution in [0.25, 0.3) is 0 Å². The van der Waals surface area contributed by atoms with Gasteiger partial charge in [0.2, 0.25) is 0 Å². The second-order valence-electron chi connectivity index (χ2n) is 9.91. The number of anilines is 1. The van der Waals surface area contributed by atoms with E-state index < -0.39 is 29.4 Å². The molecule has 1 aromatic carbocycles. The summed E-state index contributed by atoms with van der Waals surface area (Å²) in [6.07, 6.45) is -2.14. The fourth-order valence-electron chi connectivity index (χ4n) is 3.26. The maximum atomic E-state index is 13.2. The van der Waals surface area contributed by atoms with Gasteiger partial charge in [-0.3, -0.25) is 4.79 Å². The molecule has 0 spiro atoms. The first-order valence-corrected chi connectivity index (χ1v) is 10.8. The minimum absolute atomic E-state index is 0.0112. The molecule has 2 amide bonds. The highest BCUT2D eigenvalue weighted by molar-refractivity contribution is 6.08. The predicted octanol–water partition coefficient (Wildman–Crippen LogP) is 4.75. The Morgan fingerprint density at radius 3 is 2.33 bits per heavy atom. The molecule has 33 heavy (non-hydrogen) atoms. The fraction of sp³-hybridized carbons (Fsp3) is 0.500. The van der Waals surface area contributed by atoms with Crippen LogP contribution in [-0.2, 0) is 31.2 Å². The van der Waals surface area contributed by atoms with Gasteiger partial charge in [-0.2, -0.15) is 10.00 Å². The largest absolute Gasteiger partial charge is 0.444 e. The average molecular weight is 458 g/mol. The molecular weight excluding hydrogens is 426 g/mol. The molecule has 9 nitrogen and oxygen atoms in total. The number of amides is 2. The van der Waals surface area contributed by atoms with Crippen LogP contribution < -0.4 is 4.90 Å². The quantitative estimate of drug-likeness (QED) is 0.653. The zero-order valence-electron chi connectivity index (χ0n) is 20.0. The first-order chi connectivity index (χ1) is 15.3. The molecule has 2 heterocycles. The minimum Gasteiger partial charge on any atom is -0.444 e. The number of ketones is 1. The molecule has 0 unspecified atom stereocenters. The predicted molar refractivity (Wildman–Crippen MR) is 121 cm³/mol. The monoisotopic (exact) mass is 457 g/mol. The van der Waals surface area contributed by atoms with Gasteiger partial charge < -0.3 is 14.2 Å². The second-order valence-corrected chi connectivity index (χ2v) is 9.91. The third-order valence-electron chi connectivity index (χ3n) is 4.73. The summed E-state index contributed by atoms with van der Waals surface area (Å²) in [6, 6.07) is 10.7. The maximum Gasteiger partial charge on any atom is 0.425 e. The summed E-state index contributed by atoms with van der Waals surface area (Å²) in [5, 5.41) is 4.58. The highest BCUT2D eigenvalue weighted by Gasteiger charge is 2.37. The van der Waals surface area contributed by atoms with E-state index >= 15 is 0 Å². The molecule has 1 fully saturated rings. The van der Waals surface area contributed by atoms with Crippen molar-refractivity contribution in [3.8, 4) is 0 Å². The number of benzene rings is 1. The molecule has 3 rings (SSSR count). The molecule has 0 aliphatic carbocycles. The number of hydrogen-bond donors (Lipinski definition) is 0. The Hall–Kier alpha value is -3.20. The first-order valence-electron chi connectivity index (χ1n) is 10.8. The van der Waals surface area contributed by atoms with Gasteiger partial charge in [0, 0.05) is 12.5 Å². The SMILES string of the molecule is CC(C)(C)OC(=O)N(C(=O)OCc1ccccc1)c1cc([C@@H]2CC(=O)CO2)nn1C(C)(C)C. The van der Waals surface area contributed by atoms with Crippen LogP contribution in [0, 0.1) is 0 Å². The molecule has 1 aliphatic rings. The Labute approximate surface area is 193 Å². The van der Waals surface area contributed by atoms with E-state index in [-0.39, 0.29) is 31.2 Å². The van der Waals surface area contributed by atoms with Crippen molar-refractivity contribution < 1.29 is 28.6 Å². The summed E-state index contributed by atoms with van der Waals surface area (Å²) in [7, 11) is 0. The molecule has 1 saturated heterocycles. The van der Waals surface area contributed by atoms with Crippen molar-refractivity contribution >= 4 is 23.8 Å². The normalized spacial score (nSPS) is 16.5. The van der Waals surface area contributed by atoms with E-state index in [0.717, 1.165) is 10.5 Å². The average Bonchev–Trinajstić information content (AvgIpc) is 3.32. The standard InChI is InChI=1S/C24H31N3O6/c1-23(2,3)27-20(13-18(25-27)19-12-17(28)15-31-19)26(22(30)33-24(4,5)6)21(29)32-14-16-10-8-7-9-11-16/h7-11,13,19H,12,14-15H2,1-6H3/t19-/m0/s1. The van der Waals surface area contributed by atoms with Crippen LogP contribution in [-0.4, -0.2) is 40.0 Å². The van der Waals surface area contributed by atoms with Crippen molar-refractivity contribution in [3.63, 3.8) is 0 Å². The summed E-state index contributed by atoms with van der Waals surface area (Å²) < 4.78 is 18.1. The van der Waals surface area contributed by atoms with Crippen LogP contribution in [0.15, 0.2) is 36.4 Å². The lowest BCUT2D eigenvalue weighted by Crippen LogP contribution is -2.43. The lowest BCUT2D eigenvalue weighted by Gasteiger charge is -2.29. The van der Waals surface area contributed by atoms with Gasteiger partial charge in [-0.15, -0.1) is 0 Å². The van der Waals surface area contributed by atoms with Crippen molar-refractivity contribution in [3.05, 3.63) is 47.7 Å². The van der Waals surface area contributed by atoms with E-state index in [1.54, 1.807) is 31.5 Å². The number of ether oxygens (including phenoxy) is 3. The van der Waals surface area contributed by atoms with Gasteiger partial charge in [-0.25, -0.2) is 14.3 Å². The van der Waals surface area contributed by atoms with Crippen LogP contribution in [0.1, 0.15) is 65.3 Å². The second kappa shape index (κ2) is 9.35. The third kappa shape index (κ3) is 6.19. The van der Waals surface area contributed by atoms with Crippen LogP contribution in [0.4, 0.5) is 15.4 Å². The lowest BCUT2D eigenvalue weighted by atomic mass is 10.1. The van der Waals surface area contributed by atoms with E-state index in [2.05, 4.69) is 5.10 Å². The fourth-order valence-corrected chi connectivity index (χ4v) is 3.26. The molecule has 0 saturated carbocycles. The molecule has 2 aromatic rings. The first kappa shape index (κ1) is 24.4. The lowest BCUT2D eigenvalue weighted by molar-refractivity contribution is -0.117. The number of carbonyl (C=O) groups excluding carboxylic acids is 3. The van der Waals surface area contributed by atoms with Gasteiger partial charge in [0.15, 0.2) is 5.78 Å². The summed E-state index contributed by atoms with van der Waals surface area (Å²) in [5.74, 6) is 0.144. The molecule has 1 aliphatic heterocycles. The smallest absolute Gasteiger partial charge is 0.425 e. The Morgan fingerprint density at radius 2 is 1.79 bits per heavy atom. The highest BCUT2D eigenvalue weighted by Crippen LogP contribution is 2.33. The highest BCUT2D eigenvalue weighted by atomic mass is 16.6. The van der Waals surface area contributed by atoms with Gasteiger partial charge in [-0.1, -0.05) is 30.3 Å². The van der Waals surface area contributed by atoms with Gasteiger partial charge in [0.25, 0.3) is 0 Å². The van der Waals surface area contributed by atoms with E-state index in [1.807, 2.05) is 51.1 Å². The summed E-state index contributed by atoms with van der Waals surface area (Å²) in [4.78, 5) is 38.9. The zero-order valence-corrected chi connectivity index (χ0v) is 20.0. The Balaban J connectivity index is 1.99. The molecule has 0 radical (unpaired) electrons. The Morgan fingerprint density at radius 1 is 1.12 bits per heavy atom. The summed E-state index contributed by atoms with van der Waals surface area (Å²) in [6.45, 7) is 10.8. The third-order valence-corrected chi connectivity index (χ3v) is 4.73. The number of imide groups is 1. The number of Topliss-reactive ketones (excluding diaryl/α,β-unsaturated/α-hetero) is 1. The van der Waals surface area contributed by atoms with Crippen molar-refractivity contribution in [2.75, 3.05) is 11.5 Å². The Bertz CT molecular complexity index is 1020. The van der Waals surface area contributed by atoms with Gasteiger partial charge in [-0.05, 0) is 47.1 Å². The molecule has 0 N–H and O–H groups in total. The van der Waals surface area contributed by atoms with Crippen molar-refractivity contribution in [1.82, 2.24) is 9.78 Å². The summed E-state index contributed by atoms with van der Waals surface area (Å²) in [5.41, 5.74) is -0.213. The zero-order chi connectivity index (χ0) is 24.4.